The van der Waals surface area contributed by atoms with Crippen molar-refractivity contribution in [3.8, 4) is 17.2 Å². The monoisotopic (exact) mass is 423 g/mol. The lowest BCUT2D eigenvalue weighted by atomic mass is 9.96. The second kappa shape index (κ2) is 9.73. The summed E-state index contributed by atoms with van der Waals surface area (Å²) in [6.07, 6.45) is -0.705. The van der Waals surface area contributed by atoms with Gasteiger partial charge in [-0.1, -0.05) is 18.2 Å². The molecule has 1 aliphatic heterocycles. The van der Waals surface area contributed by atoms with Crippen LogP contribution in [0.3, 0.4) is 0 Å². The van der Waals surface area contributed by atoms with Crippen LogP contribution in [0.4, 0.5) is 8.78 Å². The molecule has 1 fully saturated rings. The molecule has 1 aliphatic rings. The predicted octanol–water partition coefficient (Wildman–Crippen LogP) is 2.88. The highest BCUT2D eigenvalue weighted by Gasteiger charge is 2.37. The van der Waals surface area contributed by atoms with Gasteiger partial charge in [0, 0.05) is 6.54 Å². The Hall–Kier alpha value is -2.91. The Morgan fingerprint density at radius 2 is 1.90 bits per heavy atom. The first kappa shape index (κ1) is 21.8. The van der Waals surface area contributed by atoms with E-state index in [2.05, 4.69) is 4.74 Å². The van der Waals surface area contributed by atoms with Crippen LogP contribution >= 0.6 is 0 Å². The average Bonchev–Trinajstić information content (AvgIpc) is 2.77. The summed E-state index contributed by atoms with van der Waals surface area (Å²) >= 11 is 0. The minimum Gasteiger partial charge on any atom is -0.493 e. The molecule has 1 heterocycles. The van der Waals surface area contributed by atoms with Gasteiger partial charge in [-0.2, -0.15) is 8.78 Å². The highest BCUT2D eigenvalue weighted by Crippen LogP contribution is 2.37. The van der Waals surface area contributed by atoms with Crippen molar-refractivity contribution in [3.05, 3.63) is 53.6 Å². The number of carbonyl (C=O) groups excluding carboxylic acids is 1. The molecule has 0 aromatic heterocycles. The fraction of sp³-hybridized carbons (Fsp3) is 0.381. The van der Waals surface area contributed by atoms with Crippen molar-refractivity contribution < 1.29 is 37.6 Å². The van der Waals surface area contributed by atoms with Crippen molar-refractivity contribution in [2.75, 3.05) is 34.0 Å². The average molecular weight is 423 g/mol. The Balaban J connectivity index is 2.01. The Morgan fingerprint density at radius 3 is 2.57 bits per heavy atom. The topological polar surface area (TPSA) is 77.5 Å². The van der Waals surface area contributed by atoms with E-state index in [1.54, 1.807) is 24.3 Å². The van der Waals surface area contributed by atoms with E-state index in [9.17, 15) is 18.7 Å². The van der Waals surface area contributed by atoms with Gasteiger partial charge in [0.15, 0.2) is 11.5 Å². The summed E-state index contributed by atoms with van der Waals surface area (Å²) in [4.78, 5) is 14.8. The molecular weight excluding hydrogens is 400 g/mol. The van der Waals surface area contributed by atoms with Crippen LogP contribution in [-0.2, 0) is 4.74 Å². The lowest BCUT2D eigenvalue weighted by molar-refractivity contribution is -0.0816. The molecule has 2 atom stereocenters. The number of halogens is 2. The van der Waals surface area contributed by atoms with Gasteiger partial charge in [-0.3, -0.25) is 4.79 Å². The van der Waals surface area contributed by atoms with Crippen molar-refractivity contribution in [1.82, 2.24) is 4.90 Å². The van der Waals surface area contributed by atoms with Gasteiger partial charge in [0.1, 0.15) is 11.9 Å². The predicted molar refractivity (Wildman–Crippen MR) is 103 cm³/mol. The summed E-state index contributed by atoms with van der Waals surface area (Å²) in [5.41, 5.74) is 0.647. The Morgan fingerprint density at radius 1 is 1.17 bits per heavy atom. The molecule has 0 radical (unpaired) electrons. The fourth-order valence-corrected chi connectivity index (χ4v) is 3.54. The molecule has 0 bridgehead atoms. The van der Waals surface area contributed by atoms with Gasteiger partial charge in [-0.15, -0.1) is 0 Å². The van der Waals surface area contributed by atoms with Gasteiger partial charge >= 0.3 is 6.61 Å². The Labute approximate surface area is 172 Å². The van der Waals surface area contributed by atoms with Crippen LogP contribution in [-0.4, -0.2) is 62.6 Å². The third-order valence-corrected chi connectivity index (χ3v) is 4.88. The van der Waals surface area contributed by atoms with Crippen LogP contribution < -0.4 is 14.2 Å². The summed E-state index contributed by atoms with van der Waals surface area (Å²) < 4.78 is 46.4. The number of hydrogen-bond donors (Lipinski definition) is 1. The number of amides is 1. The van der Waals surface area contributed by atoms with E-state index in [1.807, 2.05) is 0 Å². The van der Waals surface area contributed by atoms with Gasteiger partial charge in [-0.05, 0) is 29.8 Å². The summed E-state index contributed by atoms with van der Waals surface area (Å²) in [6, 6.07) is 10.3. The zero-order valence-corrected chi connectivity index (χ0v) is 16.6. The minimum absolute atomic E-state index is 0.00173. The highest BCUT2D eigenvalue weighted by molar-refractivity contribution is 5.97. The number of morpholine rings is 1. The van der Waals surface area contributed by atoms with E-state index in [0.717, 1.165) is 0 Å². The quantitative estimate of drug-likeness (QED) is 0.738. The molecule has 3 rings (SSSR count). The minimum atomic E-state index is -3.06. The Kier molecular flexibility index (Phi) is 7.07. The van der Waals surface area contributed by atoms with E-state index in [4.69, 9.17) is 14.2 Å². The van der Waals surface area contributed by atoms with Crippen molar-refractivity contribution in [3.63, 3.8) is 0 Å². The first-order valence-corrected chi connectivity index (χ1v) is 9.29. The van der Waals surface area contributed by atoms with E-state index in [1.165, 1.54) is 37.3 Å². The third kappa shape index (κ3) is 4.47. The molecule has 1 saturated heterocycles. The smallest absolute Gasteiger partial charge is 0.387 e. The molecule has 9 heteroatoms. The van der Waals surface area contributed by atoms with Gasteiger partial charge in [0.05, 0.1) is 39.0 Å². The molecule has 2 aromatic rings. The number of rotatable bonds is 7. The summed E-state index contributed by atoms with van der Waals surface area (Å²) in [6.45, 7) is -3.00. The SMILES string of the molecule is COc1ccc([C@@H]2[C@@H](CO)OCCN2C(=O)c2ccccc2OC(F)F)cc1OC. The molecule has 30 heavy (non-hydrogen) atoms. The summed E-state index contributed by atoms with van der Waals surface area (Å²) in [5.74, 6) is 0.238. The highest BCUT2D eigenvalue weighted by atomic mass is 19.3. The number of nitrogens with zero attached hydrogens (tertiary/aromatic N) is 1. The molecule has 2 aromatic carbocycles. The molecule has 0 spiro atoms. The van der Waals surface area contributed by atoms with E-state index < -0.39 is 24.7 Å². The number of ether oxygens (including phenoxy) is 4. The third-order valence-electron chi connectivity index (χ3n) is 4.88. The summed E-state index contributed by atoms with van der Waals surface area (Å²) in [7, 11) is 3.00. The van der Waals surface area contributed by atoms with Crippen LogP contribution in [0.1, 0.15) is 22.0 Å². The van der Waals surface area contributed by atoms with Crippen LogP contribution in [0.25, 0.3) is 0 Å². The number of aliphatic hydroxyl groups is 1. The molecule has 162 valence electrons. The van der Waals surface area contributed by atoms with Gasteiger partial charge in [0.25, 0.3) is 5.91 Å². The van der Waals surface area contributed by atoms with Gasteiger partial charge in [0.2, 0.25) is 0 Å². The normalized spacial score (nSPS) is 18.9. The summed E-state index contributed by atoms with van der Waals surface area (Å²) in [5, 5.41) is 9.85. The number of hydrogen-bond acceptors (Lipinski definition) is 6. The maximum Gasteiger partial charge on any atom is 0.387 e. The van der Waals surface area contributed by atoms with Crippen molar-refractivity contribution in [2.45, 2.75) is 18.8 Å². The number of carbonyl (C=O) groups is 1. The largest absolute Gasteiger partial charge is 0.493 e. The number of para-hydroxylation sites is 1. The zero-order chi connectivity index (χ0) is 21.7. The molecule has 0 unspecified atom stereocenters. The standard InChI is InChI=1S/C21H23F2NO6/c1-27-16-8-7-13(11-17(16)28-2)19-18(12-25)29-10-9-24(19)20(26)14-5-3-4-6-15(14)30-21(22)23/h3-8,11,18-19,21,25H,9-10,12H2,1-2H3/t18-,19-/m1/s1. The first-order chi connectivity index (χ1) is 14.5. The molecule has 7 nitrogen and oxygen atoms in total. The second-order valence-corrected chi connectivity index (χ2v) is 6.52. The Bertz CT molecular complexity index is 878. The maximum atomic E-state index is 13.3. The number of aliphatic hydroxyl groups excluding tert-OH is 1. The number of methoxy groups -OCH3 is 2. The van der Waals surface area contributed by atoms with Gasteiger partial charge < -0.3 is 29.0 Å². The molecule has 1 amide bonds. The lowest BCUT2D eigenvalue weighted by Gasteiger charge is -2.41. The van der Waals surface area contributed by atoms with E-state index >= 15 is 0 Å². The van der Waals surface area contributed by atoms with Crippen LogP contribution in [0.15, 0.2) is 42.5 Å². The molecule has 0 aliphatic carbocycles. The van der Waals surface area contributed by atoms with Crippen LogP contribution in [0.2, 0.25) is 0 Å². The van der Waals surface area contributed by atoms with E-state index in [0.29, 0.717) is 17.1 Å². The number of benzene rings is 2. The zero-order valence-electron chi connectivity index (χ0n) is 16.6. The molecule has 0 saturated carbocycles. The molecule has 1 N–H and O–H groups in total. The van der Waals surface area contributed by atoms with Crippen molar-refractivity contribution in [2.24, 2.45) is 0 Å². The molecular formula is C21H23F2NO6. The maximum absolute atomic E-state index is 13.3. The lowest BCUT2D eigenvalue weighted by Crippen LogP contribution is -2.49. The second-order valence-electron chi connectivity index (χ2n) is 6.52. The van der Waals surface area contributed by atoms with Gasteiger partial charge in [-0.25, -0.2) is 0 Å². The van der Waals surface area contributed by atoms with E-state index in [-0.39, 0.29) is 31.1 Å². The fourth-order valence-electron chi connectivity index (χ4n) is 3.54. The van der Waals surface area contributed by atoms with Crippen LogP contribution in [0, 0.1) is 0 Å². The van der Waals surface area contributed by atoms with Crippen molar-refractivity contribution >= 4 is 5.91 Å². The van der Waals surface area contributed by atoms with Crippen molar-refractivity contribution in [1.29, 1.82) is 0 Å². The van der Waals surface area contributed by atoms with Crippen LogP contribution in [0.5, 0.6) is 17.2 Å². The number of alkyl halides is 2. The first-order valence-electron chi connectivity index (χ1n) is 9.29.